The Morgan fingerprint density at radius 3 is 2.23 bits per heavy atom. The van der Waals surface area contributed by atoms with Gasteiger partial charge in [-0.1, -0.05) is 11.6 Å². The number of carbonyl (C=O) groups excluding carboxylic acids is 2. The van der Waals surface area contributed by atoms with Crippen molar-refractivity contribution in [3.63, 3.8) is 0 Å². The molecule has 11 heteroatoms. The van der Waals surface area contributed by atoms with Gasteiger partial charge in [0.25, 0.3) is 0 Å². The molecule has 1 saturated heterocycles. The van der Waals surface area contributed by atoms with Crippen molar-refractivity contribution >= 4 is 46.6 Å². The normalized spacial score (nSPS) is 13.5. The number of amides is 1. The van der Waals surface area contributed by atoms with Gasteiger partial charge in [0, 0.05) is 55.8 Å². The number of hydrogen-bond acceptors (Lipinski definition) is 8. The largest absolute Gasteiger partial charge is 0.462 e. The van der Waals surface area contributed by atoms with E-state index in [1.165, 1.54) is 11.6 Å². The van der Waals surface area contributed by atoms with Crippen molar-refractivity contribution in [3.05, 3.63) is 84.1 Å². The molecule has 200 valence electrons. The number of benzene rings is 2. The summed E-state index contributed by atoms with van der Waals surface area (Å²) < 4.78 is 12.3. The van der Waals surface area contributed by atoms with Gasteiger partial charge < -0.3 is 25.0 Å². The summed E-state index contributed by atoms with van der Waals surface area (Å²) in [7, 11) is 0. The maximum absolute atomic E-state index is 12.7. The van der Waals surface area contributed by atoms with Gasteiger partial charge in [-0.25, -0.2) is 9.78 Å². The Hall–Kier alpha value is -4.57. The molecular formula is C28H27ClN6O4. The van der Waals surface area contributed by atoms with E-state index >= 15 is 0 Å². The van der Waals surface area contributed by atoms with E-state index in [-0.39, 0.29) is 12.1 Å². The molecule has 2 N–H and O–H groups in total. The zero-order valence-electron chi connectivity index (χ0n) is 21.2. The molecule has 3 heterocycles. The maximum Gasteiger partial charge on any atom is 0.346 e. The molecule has 0 radical (unpaired) electrons. The van der Waals surface area contributed by atoms with Crippen LogP contribution in [0.3, 0.4) is 0 Å². The molecule has 0 saturated carbocycles. The van der Waals surface area contributed by atoms with E-state index in [1.54, 1.807) is 48.8 Å². The molecule has 0 spiro atoms. The molecule has 1 aliphatic heterocycles. The molecule has 4 aromatic rings. The molecule has 0 unspecified atom stereocenters. The molecule has 0 atom stereocenters. The highest BCUT2D eigenvalue weighted by Crippen LogP contribution is 2.25. The highest BCUT2D eigenvalue weighted by Gasteiger charge is 2.22. The highest BCUT2D eigenvalue weighted by atomic mass is 35.5. The highest BCUT2D eigenvalue weighted by molar-refractivity contribution is 6.30. The van der Waals surface area contributed by atoms with Gasteiger partial charge in [0.15, 0.2) is 5.82 Å². The predicted molar refractivity (Wildman–Crippen MR) is 149 cm³/mol. The molecule has 39 heavy (non-hydrogen) atoms. The number of nitrogens with zero attached hydrogens (tertiary/aromatic N) is 4. The number of anilines is 4. The predicted octanol–water partition coefficient (Wildman–Crippen LogP) is 6.08. The van der Waals surface area contributed by atoms with Crippen LogP contribution in [0.25, 0.3) is 0 Å². The van der Waals surface area contributed by atoms with Gasteiger partial charge in [-0.15, -0.1) is 5.10 Å². The molecule has 0 aliphatic carbocycles. The van der Waals surface area contributed by atoms with Crippen LogP contribution in [0.2, 0.25) is 5.02 Å². The molecule has 1 aliphatic rings. The fraction of sp³-hybridized carbons (Fsp3) is 0.214. The van der Waals surface area contributed by atoms with E-state index in [0.29, 0.717) is 28.0 Å². The average molecular weight is 547 g/mol. The molecule has 2 aromatic heterocycles. The fourth-order valence-electron chi connectivity index (χ4n) is 4.16. The lowest BCUT2D eigenvalue weighted by Gasteiger charge is -2.32. The van der Waals surface area contributed by atoms with Crippen LogP contribution in [-0.2, 0) is 9.53 Å². The Balaban J connectivity index is 1.12. The Bertz CT molecular complexity index is 1420. The van der Waals surface area contributed by atoms with Crippen molar-refractivity contribution in [2.24, 2.45) is 0 Å². The van der Waals surface area contributed by atoms with E-state index in [9.17, 15) is 9.59 Å². The van der Waals surface area contributed by atoms with Gasteiger partial charge in [0.1, 0.15) is 23.4 Å². The molecule has 1 fully saturated rings. The summed E-state index contributed by atoms with van der Waals surface area (Å²) in [5.41, 5.74) is 1.35. The molecular weight excluding hydrogens is 520 g/mol. The molecule has 2 aromatic carbocycles. The first kappa shape index (κ1) is 26.1. The first-order chi connectivity index (χ1) is 18.9. The standard InChI is InChI=1S/C28H27ClN6O4/c1-19(36)38-25-12-15-34(16-13-25)27-11-6-22(18-30-27)32-28(37)35-17-14-26(33-35)31-21-4-9-24(10-5-21)39-23-7-2-20(29)3-8-23/h2-11,14,17-18,25H,12-13,15-16H2,1H3,(H,31,33)(H,32,37). The number of nitrogens with one attached hydrogen (secondary N) is 2. The van der Waals surface area contributed by atoms with E-state index in [1.807, 2.05) is 30.3 Å². The molecule has 1 amide bonds. The summed E-state index contributed by atoms with van der Waals surface area (Å²) in [5, 5.41) is 10.9. The van der Waals surface area contributed by atoms with Gasteiger partial charge in [-0.2, -0.15) is 4.68 Å². The number of carbonyl (C=O) groups is 2. The van der Waals surface area contributed by atoms with Crippen LogP contribution in [-0.4, -0.2) is 46.0 Å². The van der Waals surface area contributed by atoms with Crippen LogP contribution < -0.4 is 20.3 Å². The van der Waals surface area contributed by atoms with Crippen molar-refractivity contribution in [1.82, 2.24) is 14.8 Å². The minimum absolute atomic E-state index is 0.0424. The van der Waals surface area contributed by atoms with Crippen LogP contribution in [0.5, 0.6) is 11.5 Å². The van der Waals surface area contributed by atoms with Crippen molar-refractivity contribution in [2.75, 3.05) is 28.6 Å². The quantitative estimate of drug-likeness (QED) is 0.268. The lowest BCUT2D eigenvalue weighted by atomic mass is 10.1. The van der Waals surface area contributed by atoms with Gasteiger partial charge in [-0.3, -0.25) is 4.79 Å². The van der Waals surface area contributed by atoms with Gasteiger partial charge in [-0.05, 0) is 60.7 Å². The number of halogens is 1. The van der Waals surface area contributed by atoms with Crippen LogP contribution in [0.1, 0.15) is 19.8 Å². The van der Waals surface area contributed by atoms with Crippen molar-refractivity contribution in [3.8, 4) is 11.5 Å². The summed E-state index contributed by atoms with van der Waals surface area (Å²) in [6.45, 7) is 2.93. The fourth-order valence-corrected chi connectivity index (χ4v) is 4.29. The second-order valence-electron chi connectivity index (χ2n) is 8.98. The molecule has 5 rings (SSSR count). The third-order valence-electron chi connectivity index (χ3n) is 6.07. The summed E-state index contributed by atoms with van der Waals surface area (Å²) in [4.78, 5) is 30.4. The number of ether oxygens (including phenoxy) is 2. The summed E-state index contributed by atoms with van der Waals surface area (Å²) >= 11 is 5.91. The zero-order valence-corrected chi connectivity index (χ0v) is 22.0. The lowest BCUT2D eigenvalue weighted by Crippen LogP contribution is -2.38. The topological polar surface area (TPSA) is 111 Å². The smallest absolute Gasteiger partial charge is 0.346 e. The minimum atomic E-state index is -0.411. The second kappa shape index (κ2) is 11.9. The Labute approximate surface area is 230 Å². The number of aromatic nitrogens is 3. The number of esters is 1. The van der Waals surface area contributed by atoms with Crippen molar-refractivity contribution in [2.45, 2.75) is 25.9 Å². The van der Waals surface area contributed by atoms with Gasteiger partial charge >= 0.3 is 12.0 Å². The van der Waals surface area contributed by atoms with Gasteiger partial charge in [0.2, 0.25) is 0 Å². The first-order valence-corrected chi connectivity index (χ1v) is 12.8. The maximum atomic E-state index is 12.7. The van der Waals surface area contributed by atoms with E-state index in [0.717, 1.165) is 37.4 Å². The zero-order chi connectivity index (χ0) is 27.2. The Kier molecular flexibility index (Phi) is 7.93. The van der Waals surface area contributed by atoms with E-state index in [4.69, 9.17) is 21.1 Å². The van der Waals surface area contributed by atoms with Gasteiger partial charge in [0.05, 0.1) is 11.9 Å². The third-order valence-corrected chi connectivity index (χ3v) is 6.32. The Morgan fingerprint density at radius 2 is 1.59 bits per heavy atom. The molecule has 10 nitrogen and oxygen atoms in total. The number of piperidine rings is 1. The van der Waals surface area contributed by atoms with E-state index in [2.05, 4.69) is 25.6 Å². The summed E-state index contributed by atoms with van der Waals surface area (Å²) in [6, 6.07) is 19.5. The van der Waals surface area contributed by atoms with Crippen LogP contribution in [0.4, 0.5) is 27.8 Å². The lowest BCUT2D eigenvalue weighted by molar-refractivity contribution is -0.147. The van der Waals surface area contributed by atoms with Crippen molar-refractivity contribution < 1.29 is 19.1 Å². The van der Waals surface area contributed by atoms with Crippen LogP contribution in [0, 0.1) is 0 Å². The minimum Gasteiger partial charge on any atom is -0.462 e. The molecule has 0 bridgehead atoms. The SMILES string of the molecule is CC(=O)OC1CCN(c2ccc(NC(=O)n3ccc(Nc4ccc(Oc5ccc(Cl)cc5)cc4)n3)cn2)CC1. The van der Waals surface area contributed by atoms with Crippen molar-refractivity contribution in [1.29, 1.82) is 0 Å². The third kappa shape index (κ3) is 7.05. The number of rotatable bonds is 7. The Morgan fingerprint density at radius 1 is 0.923 bits per heavy atom. The first-order valence-electron chi connectivity index (χ1n) is 12.5. The second-order valence-corrected chi connectivity index (χ2v) is 9.42. The van der Waals surface area contributed by atoms with Crippen LogP contribution in [0.15, 0.2) is 79.1 Å². The number of pyridine rings is 1. The number of hydrogen-bond donors (Lipinski definition) is 2. The average Bonchev–Trinajstić information content (AvgIpc) is 3.40. The summed E-state index contributed by atoms with van der Waals surface area (Å²) in [6.07, 6.45) is 4.67. The van der Waals surface area contributed by atoms with Crippen LogP contribution >= 0.6 is 11.6 Å². The van der Waals surface area contributed by atoms with E-state index < -0.39 is 6.03 Å². The monoisotopic (exact) mass is 546 g/mol. The summed E-state index contributed by atoms with van der Waals surface area (Å²) in [5.74, 6) is 2.45.